The van der Waals surface area contributed by atoms with Gasteiger partial charge in [-0.1, -0.05) is 29.3 Å². The molecule has 26 heavy (non-hydrogen) atoms. The van der Waals surface area contributed by atoms with Crippen LogP contribution in [-0.2, 0) is 9.59 Å². The number of Topliss-reactive ketones (excluding diaryl/α,β-unsaturated/α-hetero) is 1. The number of hydrogen-bond donors (Lipinski definition) is 2. The topological polar surface area (TPSA) is 83.5 Å². The highest BCUT2D eigenvalue weighted by Gasteiger charge is 2.09. The Balaban J connectivity index is 1.97. The number of carbonyl (C=O) groups excluding carboxylic acids is 2. The van der Waals surface area contributed by atoms with E-state index >= 15 is 0 Å². The molecule has 0 aliphatic heterocycles. The molecule has 8 heteroatoms. The van der Waals surface area contributed by atoms with Crippen molar-refractivity contribution in [3.8, 4) is 0 Å². The van der Waals surface area contributed by atoms with E-state index in [1.807, 2.05) is 0 Å². The first kappa shape index (κ1) is 20.0. The van der Waals surface area contributed by atoms with E-state index < -0.39 is 11.9 Å². The number of carboxylic acids is 1. The van der Waals surface area contributed by atoms with Gasteiger partial charge in [0.05, 0.1) is 15.8 Å². The lowest BCUT2D eigenvalue weighted by molar-refractivity contribution is -0.131. The van der Waals surface area contributed by atoms with Crippen molar-refractivity contribution < 1.29 is 19.5 Å². The van der Waals surface area contributed by atoms with Gasteiger partial charge in [0, 0.05) is 28.3 Å². The molecular formula is C18H13Cl2NO4S. The number of halogens is 2. The fourth-order valence-corrected chi connectivity index (χ4v) is 3.04. The minimum Gasteiger partial charge on any atom is -0.478 e. The molecule has 134 valence electrons. The van der Waals surface area contributed by atoms with Gasteiger partial charge in [0.25, 0.3) is 0 Å². The summed E-state index contributed by atoms with van der Waals surface area (Å²) in [6.45, 7) is 0. The fraction of sp³-hybridized carbons (Fsp3) is 0.0556. The first-order valence-electron chi connectivity index (χ1n) is 7.28. The van der Waals surface area contributed by atoms with Crippen LogP contribution >= 0.6 is 35.0 Å². The van der Waals surface area contributed by atoms with E-state index in [0.717, 1.165) is 17.0 Å². The molecule has 0 spiro atoms. The SMILES string of the molecule is O=C(O)/C=C/C(=O)Nc1cccc(SCC(=O)c2ccc(Cl)c(Cl)c2)c1. The highest BCUT2D eigenvalue weighted by molar-refractivity contribution is 8.00. The van der Waals surface area contributed by atoms with Crippen LogP contribution in [0.4, 0.5) is 5.69 Å². The molecule has 2 aromatic carbocycles. The number of nitrogens with one attached hydrogen (secondary N) is 1. The lowest BCUT2D eigenvalue weighted by Crippen LogP contribution is -2.08. The summed E-state index contributed by atoms with van der Waals surface area (Å²) in [6.07, 6.45) is 1.68. The van der Waals surface area contributed by atoms with Crippen molar-refractivity contribution in [2.45, 2.75) is 4.90 Å². The highest BCUT2D eigenvalue weighted by Crippen LogP contribution is 2.25. The number of hydrogen-bond acceptors (Lipinski definition) is 4. The van der Waals surface area contributed by atoms with E-state index in [9.17, 15) is 14.4 Å². The van der Waals surface area contributed by atoms with Gasteiger partial charge in [-0.05, 0) is 36.4 Å². The third-order valence-electron chi connectivity index (χ3n) is 3.09. The van der Waals surface area contributed by atoms with Crippen molar-refractivity contribution >= 4 is 58.3 Å². The largest absolute Gasteiger partial charge is 0.478 e. The summed E-state index contributed by atoms with van der Waals surface area (Å²) in [5.74, 6) is -1.67. The Bertz CT molecular complexity index is 883. The molecule has 0 bridgehead atoms. The second kappa shape index (κ2) is 9.43. The molecule has 0 heterocycles. The number of amides is 1. The summed E-state index contributed by atoms with van der Waals surface area (Å²) in [4.78, 5) is 35.0. The van der Waals surface area contributed by atoms with Gasteiger partial charge in [-0.15, -0.1) is 11.8 Å². The number of carboxylic acid groups (broad SMARTS) is 1. The van der Waals surface area contributed by atoms with Gasteiger partial charge in [-0.3, -0.25) is 9.59 Å². The molecule has 2 N–H and O–H groups in total. The average Bonchev–Trinajstić information content (AvgIpc) is 2.60. The Labute approximate surface area is 164 Å². The Kier molecular flexibility index (Phi) is 7.26. The molecule has 2 rings (SSSR count). The van der Waals surface area contributed by atoms with Crippen molar-refractivity contribution in [3.05, 3.63) is 70.2 Å². The smallest absolute Gasteiger partial charge is 0.328 e. The maximum absolute atomic E-state index is 12.2. The second-order valence-electron chi connectivity index (χ2n) is 5.03. The maximum Gasteiger partial charge on any atom is 0.328 e. The van der Waals surface area contributed by atoms with E-state index in [2.05, 4.69) is 5.32 Å². The number of benzene rings is 2. The summed E-state index contributed by atoms with van der Waals surface area (Å²) in [7, 11) is 0. The van der Waals surface area contributed by atoms with Crippen molar-refractivity contribution in [1.29, 1.82) is 0 Å². The zero-order valence-electron chi connectivity index (χ0n) is 13.2. The molecule has 0 aliphatic carbocycles. The number of aliphatic carboxylic acids is 1. The van der Waals surface area contributed by atoms with Crippen LogP contribution in [0, 0.1) is 0 Å². The van der Waals surface area contributed by atoms with E-state index in [1.54, 1.807) is 36.4 Å². The zero-order valence-corrected chi connectivity index (χ0v) is 15.6. The average molecular weight is 410 g/mol. The number of rotatable bonds is 7. The van der Waals surface area contributed by atoms with Crippen LogP contribution in [0.15, 0.2) is 59.5 Å². The summed E-state index contributed by atoms with van der Waals surface area (Å²) >= 11 is 13.1. The molecule has 1 amide bonds. The third-order valence-corrected chi connectivity index (χ3v) is 4.82. The molecule has 0 fully saturated rings. The van der Waals surface area contributed by atoms with E-state index in [1.165, 1.54) is 17.8 Å². The van der Waals surface area contributed by atoms with Crippen LogP contribution in [0.5, 0.6) is 0 Å². The van der Waals surface area contributed by atoms with Crippen LogP contribution in [0.2, 0.25) is 10.0 Å². The predicted octanol–water partition coefficient (Wildman–Crippen LogP) is 4.55. The minimum absolute atomic E-state index is 0.104. The first-order valence-corrected chi connectivity index (χ1v) is 9.02. The molecular weight excluding hydrogens is 397 g/mol. The van der Waals surface area contributed by atoms with Gasteiger partial charge in [-0.2, -0.15) is 0 Å². The van der Waals surface area contributed by atoms with Crippen LogP contribution in [0.3, 0.4) is 0 Å². The normalized spacial score (nSPS) is 10.7. The number of thioether (sulfide) groups is 1. The third kappa shape index (κ3) is 6.22. The van der Waals surface area contributed by atoms with Crippen molar-refractivity contribution in [2.24, 2.45) is 0 Å². The number of anilines is 1. The highest BCUT2D eigenvalue weighted by atomic mass is 35.5. The fourth-order valence-electron chi connectivity index (χ4n) is 1.90. The zero-order chi connectivity index (χ0) is 19.1. The molecule has 0 atom stereocenters. The van der Waals surface area contributed by atoms with Crippen molar-refractivity contribution in [3.63, 3.8) is 0 Å². The molecule has 0 saturated carbocycles. The van der Waals surface area contributed by atoms with Crippen LogP contribution in [-0.4, -0.2) is 28.5 Å². The Morgan fingerprint density at radius 1 is 1.04 bits per heavy atom. The van der Waals surface area contributed by atoms with Crippen LogP contribution in [0.1, 0.15) is 10.4 Å². The van der Waals surface area contributed by atoms with Crippen molar-refractivity contribution in [1.82, 2.24) is 0 Å². The minimum atomic E-state index is -1.20. The quantitative estimate of drug-likeness (QED) is 0.398. The van der Waals surface area contributed by atoms with Gasteiger partial charge in [0.15, 0.2) is 5.78 Å². The Morgan fingerprint density at radius 2 is 1.81 bits per heavy atom. The van der Waals surface area contributed by atoms with E-state index in [4.69, 9.17) is 28.3 Å². The first-order chi connectivity index (χ1) is 12.3. The standard InChI is InChI=1S/C18H13Cl2NO4S/c19-14-5-4-11(8-15(14)20)16(22)10-26-13-3-1-2-12(9-13)21-17(23)6-7-18(24)25/h1-9H,10H2,(H,21,23)(H,24,25)/b7-6+. The predicted molar refractivity (Wildman–Crippen MR) is 103 cm³/mol. The summed E-state index contributed by atoms with van der Waals surface area (Å²) < 4.78 is 0. The molecule has 0 unspecified atom stereocenters. The second-order valence-corrected chi connectivity index (χ2v) is 6.89. The molecule has 5 nitrogen and oxygen atoms in total. The van der Waals surface area contributed by atoms with Gasteiger partial charge in [0.1, 0.15) is 0 Å². The van der Waals surface area contributed by atoms with Crippen molar-refractivity contribution in [2.75, 3.05) is 11.1 Å². The molecule has 0 radical (unpaired) electrons. The lowest BCUT2D eigenvalue weighted by atomic mass is 10.1. The van der Waals surface area contributed by atoms with Gasteiger partial charge >= 0.3 is 5.97 Å². The Hall–Kier alpha value is -2.28. The molecule has 0 aliphatic rings. The summed E-state index contributed by atoms with van der Waals surface area (Å²) in [5.41, 5.74) is 0.965. The summed E-state index contributed by atoms with van der Waals surface area (Å²) in [6, 6.07) is 11.6. The monoisotopic (exact) mass is 409 g/mol. The van der Waals surface area contributed by atoms with Crippen LogP contribution in [0.25, 0.3) is 0 Å². The Morgan fingerprint density at radius 3 is 2.50 bits per heavy atom. The van der Waals surface area contributed by atoms with Gasteiger partial charge < -0.3 is 10.4 Å². The lowest BCUT2D eigenvalue weighted by Gasteiger charge is -2.06. The number of carbonyl (C=O) groups is 3. The van der Waals surface area contributed by atoms with E-state index in [0.29, 0.717) is 21.3 Å². The molecule has 0 saturated heterocycles. The molecule has 2 aromatic rings. The maximum atomic E-state index is 12.2. The van der Waals surface area contributed by atoms with Gasteiger partial charge in [-0.25, -0.2) is 4.79 Å². The van der Waals surface area contributed by atoms with E-state index in [-0.39, 0.29) is 11.5 Å². The van der Waals surface area contributed by atoms with Gasteiger partial charge in [0.2, 0.25) is 5.91 Å². The molecule has 0 aromatic heterocycles. The van der Waals surface area contributed by atoms with Crippen LogP contribution < -0.4 is 5.32 Å². The number of ketones is 1. The summed E-state index contributed by atoms with van der Waals surface area (Å²) in [5, 5.41) is 11.8.